The maximum Gasteiger partial charge on any atom is 0.167 e. The van der Waals surface area contributed by atoms with Gasteiger partial charge in [-0.1, -0.05) is 13.0 Å². The van der Waals surface area contributed by atoms with Crippen LogP contribution in [0.4, 0.5) is 0 Å². The van der Waals surface area contributed by atoms with Gasteiger partial charge in [-0.3, -0.25) is 0 Å². The van der Waals surface area contributed by atoms with Crippen molar-refractivity contribution in [3.8, 4) is 28.7 Å². The maximum atomic E-state index is 10.2. The third kappa shape index (κ3) is 2.40. The second-order valence-electron chi connectivity index (χ2n) is 5.91. The van der Waals surface area contributed by atoms with E-state index in [0.29, 0.717) is 17.2 Å². The molecule has 0 aliphatic carbocycles. The number of phenolic OH excluding ortho intramolecular Hbond substituents is 1. The standard InChI is InChI=1S/C19H22O5/c1-10-13-9-14(20)19(23-5)11(2)18(13)24-17(10)12-6-7-15(21-3)16(8-12)22-4/h6-10,17,20H,1-5H3/t10?,17-/m1/s1. The topological polar surface area (TPSA) is 57.2 Å². The first-order valence-corrected chi connectivity index (χ1v) is 7.80. The first-order chi connectivity index (χ1) is 11.5. The lowest BCUT2D eigenvalue weighted by molar-refractivity contribution is 0.213. The minimum absolute atomic E-state index is 0.0913. The Labute approximate surface area is 141 Å². The lowest BCUT2D eigenvalue weighted by atomic mass is 9.91. The van der Waals surface area contributed by atoms with Crippen LogP contribution in [0.25, 0.3) is 0 Å². The fourth-order valence-electron chi connectivity index (χ4n) is 3.32. The highest BCUT2D eigenvalue weighted by atomic mass is 16.5. The Hall–Kier alpha value is -2.56. The zero-order valence-electron chi connectivity index (χ0n) is 14.5. The molecule has 0 saturated heterocycles. The van der Waals surface area contributed by atoms with Gasteiger partial charge < -0.3 is 24.1 Å². The summed E-state index contributed by atoms with van der Waals surface area (Å²) in [6.07, 6.45) is -0.162. The lowest BCUT2D eigenvalue weighted by Crippen LogP contribution is -2.07. The van der Waals surface area contributed by atoms with Crippen molar-refractivity contribution in [1.82, 2.24) is 0 Å². The van der Waals surface area contributed by atoms with E-state index in [9.17, 15) is 5.11 Å². The molecular formula is C19H22O5. The minimum Gasteiger partial charge on any atom is -0.504 e. The number of fused-ring (bicyclic) bond motifs is 1. The Morgan fingerprint density at radius 2 is 1.71 bits per heavy atom. The molecular weight excluding hydrogens is 308 g/mol. The fourth-order valence-corrected chi connectivity index (χ4v) is 3.32. The van der Waals surface area contributed by atoms with Gasteiger partial charge in [0.25, 0.3) is 0 Å². The second-order valence-corrected chi connectivity index (χ2v) is 5.91. The molecule has 0 radical (unpaired) electrons. The van der Waals surface area contributed by atoms with Gasteiger partial charge in [-0.25, -0.2) is 0 Å². The highest BCUT2D eigenvalue weighted by Gasteiger charge is 2.35. The van der Waals surface area contributed by atoms with Crippen LogP contribution in [-0.2, 0) is 0 Å². The molecule has 5 nitrogen and oxygen atoms in total. The molecule has 0 saturated carbocycles. The summed E-state index contributed by atoms with van der Waals surface area (Å²) in [5.41, 5.74) is 2.78. The molecule has 1 heterocycles. The minimum atomic E-state index is -0.162. The van der Waals surface area contributed by atoms with Crippen molar-refractivity contribution >= 4 is 0 Å². The molecule has 3 rings (SSSR count). The van der Waals surface area contributed by atoms with Gasteiger partial charge in [0.2, 0.25) is 0 Å². The van der Waals surface area contributed by atoms with Crippen LogP contribution in [0.1, 0.15) is 35.6 Å². The van der Waals surface area contributed by atoms with Gasteiger partial charge in [0.15, 0.2) is 23.0 Å². The summed E-state index contributed by atoms with van der Waals surface area (Å²) in [5.74, 6) is 2.80. The summed E-state index contributed by atoms with van der Waals surface area (Å²) >= 11 is 0. The molecule has 1 aliphatic rings. The van der Waals surface area contributed by atoms with E-state index in [-0.39, 0.29) is 17.8 Å². The van der Waals surface area contributed by atoms with Crippen LogP contribution in [0.2, 0.25) is 0 Å². The van der Waals surface area contributed by atoms with Crippen molar-refractivity contribution in [3.63, 3.8) is 0 Å². The zero-order chi connectivity index (χ0) is 17.4. The number of benzene rings is 2. The predicted octanol–water partition coefficient (Wildman–Crippen LogP) is 3.96. The molecule has 0 aromatic heterocycles. The van der Waals surface area contributed by atoms with Gasteiger partial charge in [-0.2, -0.15) is 0 Å². The van der Waals surface area contributed by atoms with Crippen LogP contribution in [0.5, 0.6) is 28.7 Å². The van der Waals surface area contributed by atoms with Crippen molar-refractivity contribution in [2.45, 2.75) is 25.9 Å². The van der Waals surface area contributed by atoms with E-state index in [4.69, 9.17) is 18.9 Å². The molecule has 128 valence electrons. The molecule has 2 atom stereocenters. The van der Waals surface area contributed by atoms with Crippen LogP contribution >= 0.6 is 0 Å². The highest BCUT2D eigenvalue weighted by molar-refractivity contribution is 5.60. The Bertz CT molecular complexity index is 769. The average Bonchev–Trinajstić information content (AvgIpc) is 2.92. The van der Waals surface area contributed by atoms with Crippen LogP contribution < -0.4 is 18.9 Å². The Morgan fingerprint density at radius 3 is 2.33 bits per heavy atom. The number of hydrogen-bond donors (Lipinski definition) is 1. The van der Waals surface area contributed by atoms with Crippen LogP contribution in [0.3, 0.4) is 0 Å². The summed E-state index contributed by atoms with van der Waals surface area (Å²) in [6, 6.07) is 7.50. The van der Waals surface area contributed by atoms with Crippen molar-refractivity contribution in [3.05, 3.63) is 41.0 Å². The third-order valence-electron chi connectivity index (χ3n) is 4.60. The third-order valence-corrected chi connectivity index (χ3v) is 4.60. The van der Waals surface area contributed by atoms with Crippen molar-refractivity contribution < 1.29 is 24.1 Å². The van der Waals surface area contributed by atoms with Gasteiger partial charge in [-0.05, 0) is 30.7 Å². The highest BCUT2D eigenvalue weighted by Crippen LogP contribution is 2.52. The van der Waals surface area contributed by atoms with E-state index in [2.05, 4.69) is 6.92 Å². The van der Waals surface area contributed by atoms with E-state index in [0.717, 1.165) is 22.4 Å². The predicted molar refractivity (Wildman–Crippen MR) is 90.7 cm³/mol. The Morgan fingerprint density at radius 1 is 1.00 bits per heavy atom. The number of ether oxygens (including phenoxy) is 4. The molecule has 1 aliphatic heterocycles. The largest absolute Gasteiger partial charge is 0.504 e. The van der Waals surface area contributed by atoms with Crippen molar-refractivity contribution in [2.24, 2.45) is 0 Å². The SMILES string of the molecule is COc1ccc([C@@H]2Oc3c(cc(O)c(OC)c3C)C2C)cc1OC. The molecule has 24 heavy (non-hydrogen) atoms. The van der Waals surface area contributed by atoms with Gasteiger partial charge in [0, 0.05) is 17.0 Å². The number of aromatic hydroxyl groups is 1. The van der Waals surface area contributed by atoms with E-state index in [1.54, 1.807) is 27.4 Å². The number of rotatable bonds is 4. The van der Waals surface area contributed by atoms with Crippen molar-refractivity contribution in [1.29, 1.82) is 0 Å². The molecule has 5 heteroatoms. The molecule has 1 unspecified atom stereocenters. The number of phenols is 1. The molecule has 2 aromatic carbocycles. The first-order valence-electron chi connectivity index (χ1n) is 7.80. The van der Waals surface area contributed by atoms with E-state index < -0.39 is 0 Å². The summed E-state index contributed by atoms with van der Waals surface area (Å²) in [6.45, 7) is 3.97. The summed E-state index contributed by atoms with van der Waals surface area (Å²) in [4.78, 5) is 0. The molecule has 0 amide bonds. The average molecular weight is 330 g/mol. The monoisotopic (exact) mass is 330 g/mol. The quantitative estimate of drug-likeness (QED) is 0.919. The van der Waals surface area contributed by atoms with Gasteiger partial charge >= 0.3 is 0 Å². The van der Waals surface area contributed by atoms with Crippen LogP contribution in [0.15, 0.2) is 24.3 Å². The van der Waals surface area contributed by atoms with Crippen LogP contribution in [0, 0.1) is 6.92 Å². The van der Waals surface area contributed by atoms with Crippen molar-refractivity contribution in [2.75, 3.05) is 21.3 Å². The molecule has 0 bridgehead atoms. The lowest BCUT2D eigenvalue weighted by Gasteiger charge is -2.18. The Balaban J connectivity index is 2.02. The summed E-state index contributed by atoms with van der Waals surface area (Å²) < 4.78 is 22.2. The maximum absolute atomic E-state index is 10.2. The zero-order valence-corrected chi connectivity index (χ0v) is 14.5. The normalized spacial score (nSPS) is 18.7. The number of methoxy groups -OCH3 is 3. The van der Waals surface area contributed by atoms with E-state index in [1.165, 1.54) is 0 Å². The molecule has 2 aromatic rings. The van der Waals surface area contributed by atoms with Gasteiger partial charge in [-0.15, -0.1) is 0 Å². The molecule has 0 spiro atoms. The van der Waals surface area contributed by atoms with Gasteiger partial charge in [0.1, 0.15) is 11.9 Å². The summed E-state index contributed by atoms with van der Waals surface area (Å²) in [5, 5.41) is 10.2. The van der Waals surface area contributed by atoms with Crippen LogP contribution in [-0.4, -0.2) is 26.4 Å². The number of hydrogen-bond acceptors (Lipinski definition) is 5. The Kier molecular flexibility index (Phi) is 4.18. The molecule has 1 N–H and O–H groups in total. The van der Waals surface area contributed by atoms with Gasteiger partial charge in [0.05, 0.1) is 21.3 Å². The second kappa shape index (κ2) is 6.15. The van der Waals surface area contributed by atoms with E-state index >= 15 is 0 Å². The smallest absolute Gasteiger partial charge is 0.167 e. The fraction of sp³-hybridized carbons (Fsp3) is 0.368. The summed E-state index contributed by atoms with van der Waals surface area (Å²) in [7, 11) is 4.77. The molecule has 0 fully saturated rings. The van der Waals surface area contributed by atoms with E-state index in [1.807, 2.05) is 25.1 Å². The first kappa shape index (κ1) is 16.3.